The Morgan fingerprint density at radius 3 is 2.94 bits per heavy atom. The molecule has 1 aromatic carbocycles. The van der Waals surface area contributed by atoms with E-state index in [4.69, 9.17) is 0 Å². The third kappa shape index (κ3) is 1.36. The Hall–Kier alpha value is -1.90. The zero-order valence-corrected chi connectivity index (χ0v) is 8.84. The standard InChI is InChI=1S/C13H12N2O/c16-13-11-5-2-1-4-10(11)6-7-12(13)15-9-3-8-14-15/h1-5,8-9,12H,6-7H2/t12-/m1/s1. The van der Waals surface area contributed by atoms with Crippen LogP contribution in [0.25, 0.3) is 0 Å². The Morgan fingerprint density at radius 1 is 1.25 bits per heavy atom. The van der Waals surface area contributed by atoms with Crippen LogP contribution in [0.15, 0.2) is 42.7 Å². The number of benzene rings is 1. The van der Waals surface area contributed by atoms with Gasteiger partial charge in [-0.2, -0.15) is 5.10 Å². The van der Waals surface area contributed by atoms with Crippen LogP contribution in [0.4, 0.5) is 0 Å². The Morgan fingerprint density at radius 2 is 2.12 bits per heavy atom. The minimum Gasteiger partial charge on any atom is -0.292 e. The number of hydrogen-bond donors (Lipinski definition) is 0. The smallest absolute Gasteiger partial charge is 0.187 e. The van der Waals surface area contributed by atoms with Crippen molar-refractivity contribution in [3.63, 3.8) is 0 Å². The SMILES string of the molecule is O=C1c2ccccc2CC[C@H]1n1cccn1. The second-order valence-electron chi connectivity index (χ2n) is 4.06. The Bertz CT molecular complexity index is 516. The van der Waals surface area contributed by atoms with Crippen LogP contribution in [0, 0.1) is 0 Å². The fourth-order valence-corrected chi connectivity index (χ4v) is 2.30. The van der Waals surface area contributed by atoms with Gasteiger partial charge in [0.2, 0.25) is 0 Å². The van der Waals surface area contributed by atoms with Gasteiger partial charge in [-0.1, -0.05) is 24.3 Å². The van der Waals surface area contributed by atoms with Crippen LogP contribution in [0.2, 0.25) is 0 Å². The first kappa shape index (κ1) is 9.33. The fourth-order valence-electron chi connectivity index (χ4n) is 2.30. The molecule has 1 aliphatic carbocycles. The van der Waals surface area contributed by atoms with Gasteiger partial charge >= 0.3 is 0 Å². The molecule has 0 saturated heterocycles. The van der Waals surface area contributed by atoms with E-state index < -0.39 is 0 Å². The number of aromatic nitrogens is 2. The van der Waals surface area contributed by atoms with Gasteiger partial charge in [0.15, 0.2) is 5.78 Å². The third-order valence-corrected chi connectivity index (χ3v) is 3.12. The van der Waals surface area contributed by atoms with Crippen LogP contribution in [-0.4, -0.2) is 15.6 Å². The van der Waals surface area contributed by atoms with E-state index in [-0.39, 0.29) is 11.8 Å². The molecule has 3 rings (SSSR count). The highest BCUT2D eigenvalue weighted by Crippen LogP contribution is 2.27. The largest absolute Gasteiger partial charge is 0.292 e. The van der Waals surface area contributed by atoms with Crippen molar-refractivity contribution in [2.45, 2.75) is 18.9 Å². The molecule has 80 valence electrons. The number of fused-ring (bicyclic) bond motifs is 1. The fraction of sp³-hybridized carbons (Fsp3) is 0.231. The zero-order chi connectivity index (χ0) is 11.0. The van der Waals surface area contributed by atoms with E-state index in [9.17, 15) is 4.79 Å². The summed E-state index contributed by atoms with van der Waals surface area (Å²) in [7, 11) is 0. The number of hydrogen-bond acceptors (Lipinski definition) is 2. The molecule has 3 nitrogen and oxygen atoms in total. The van der Waals surface area contributed by atoms with Gasteiger partial charge < -0.3 is 0 Å². The molecule has 0 N–H and O–H groups in total. The molecule has 0 aliphatic heterocycles. The third-order valence-electron chi connectivity index (χ3n) is 3.12. The Balaban J connectivity index is 2.01. The van der Waals surface area contributed by atoms with Crippen LogP contribution in [0.1, 0.15) is 28.4 Å². The lowest BCUT2D eigenvalue weighted by atomic mass is 9.87. The molecule has 3 heteroatoms. The summed E-state index contributed by atoms with van der Waals surface area (Å²) in [6.45, 7) is 0. The number of carbonyl (C=O) groups excluding carboxylic acids is 1. The average molecular weight is 212 g/mol. The van der Waals surface area contributed by atoms with Gasteiger partial charge in [-0.15, -0.1) is 0 Å². The van der Waals surface area contributed by atoms with Crippen molar-refractivity contribution >= 4 is 5.78 Å². The highest BCUT2D eigenvalue weighted by atomic mass is 16.1. The monoisotopic (exact) mass is 212 g/mol. The van der Waals surface area contributed by atoms with E-state index in [1.54, 1.807) is 10.9 Å². The zero-order valence-electron chi connectivity index (χ0n) is 8.84. The molecule has 1 aliphatic rings. The molecule has 0 spiro atoms. The number of Topliss-reactive ketones (excluding diaryl/α,β-unsaturated/α-hetero) is 1. The lowest BCUT2D eigenvalue weighted by Crippen LogP contribution is -2.26. The molecule has 1 atom stereocenters. The number of aryl methyl sites for hydroxylation is 1. The number of rotatable bonds is 1. The van der Waals surface area contributed by atoms with Crippen molar-refractivity contribution in [2.75, 3.05) is 0 Å². The molecule has 1 heterocycles. The van der Waals surface area contributed by atoms with Crippen LogP contribution < -0.4 is 0 Å². The maximum absolute atomic E-state index is 12.3. The lowest BCUT2D eigenvalue weighted by molar-refractivity contribution is 0.0900. The van der Waals surface area contributed by atoms with Crippen LogP contribution in [0.3, 0.4) is 0 Å². The highest BCUT2D eigenvalue weighted by molar-refractivity contribution is 6.01. The Kier molecular flexibility index (Phi) is 2.10. The highest BCUT2D eigenvalue weighted by Gasteiger charge is 2.28. The van der Waals surface area contributed by atoms with Crippen molar-refractivity contribution in [3.8, 4) is 0 Å². The van der Waals surface area contributed by atoms with Crippen molar-refractivity contribution in [3.05, 3.63) is 53.9 Å². The first-order valence-electron chi connectivity index (χ1n) is 5.47. The maximum atomic E-state index is 12.3. The summed E-state index contributed by atoms with van der Waals surface area (Å²) in [5, 5.41) is 4.16. The molecule has 0 saturated carbocycles. The normalized spacial score (nSPS) is 19.5. The van der Waals surface area contributed by atoms with Crippen LogP contribution in [-0.2, 0) is 6.42 Å². The summed E-state index contributed by atoms with van der Waals surface area (Å²) < 4.78 is 1.76. The molecule has 2 aromatic rings. The Labute approximate surface area is 93.7 Å². The summed E-state index contributed by atoms with van der Waals surface area (Å²) in [6.07, 6.45) is 5.37. The predicted molar refractivity (Wildman–Crippen MR) is 60.4 cm³/mol. The molecule has 0 amide bonds. The van der Waals surface area contributed by atoms with E-state index >= 15 is 0 Å². The van der Waals surface area contributed by atoms with Gasteiger partial charge in [0.25, 0.3) is 0 Å². The van der Waals surface area contributed by atoms with Crippen molar-refractivity contribution < 1.29 is 4.79 Å². The van der Waals surface area contributed by atoms with E-state index in [0.717, 1.165) is 24.0 Å². The van der Waals surface area contributed by atoms with Gasteiger partial charge in [0.05, 0.1) is 0 Å². The summed E-state index contributed by atoms with van der Waals surface area (Å²) in [4.78, 5) is 12.3. The molecular weight excluding hydrogens is 200 g/mol. The van der Waals surface area contributed by atoms with Crippen LogP contribution >= 0.6 is 0 Å². The van der Waals surface area contributed by atoms with E-state index in [1.165, 1.54) is 0 Å². The van der Waals surface area contributed by atoms with Gasteiger partial charge in [-0.05, 0) is 24.5 Å². The average Bonchev–Trinajstić information content (AvgIpc) is 2.83. The topological polar surface area (TPSA) is 34.9 Å². The molecule has 16 heavy (non-hydrogen) atoms. The molecule has 0 unspecified atom stereocenters. The van der Waals surface area contributed by atoms with E-state index in [1.807, 2.05) is 36.5 Å². The molecule has 1 aromatic heterocycles. The maximum Gasteiger partial charge on any atom is 0.187 e. The minimum absolute atomic E-state index is 0.120. The molecular formula is C13H12N2O. The van der Waals surface area contributed by atoms with E-state index in [2.05, 4.69) is 5.10 Å². The van der Waals surface area contributed by atoms with Crippen LogP contribution in [0.5, 0.6) is 0 Å². The summed E-state index contributed by atoms with van der Waals surface area (Å²) >= 11 is 0. The first-order valence-corrected chi connectivity index (χ1v) is 5.47. The first-order chi connectivity index (χ1) is 7.86. The van der Waals surface area contributed by atoms with Gasteiger partial charge in [-0.3, -0.25) is 9.48 Å². The van der Waals surface area contributed by atoms with E-state index in [0.29, 0.717) is 0 Å². The number of carbonyl (C=O) groups is 1. The quantitative estimate of drug-likeness (QED) is 0.726. The molecule has 0 fully saturated rings. The lowest BCUT2D eigenvalue weighted by Gasteiger charge is -2.23. The minimum atomic E-state index is -0.120. The van der Waals surface area contributed by atoms with Crippen molar-refractivity contribution in [2.24, 2.45) is 0 Å². The number of nitrogens with zero attached hydrogens (tertiary/aromatic N) is 2. The van der Waals surface area contributed by atoms with Gasteiger partial charge in [0, 0.05) is 18.0 Å². The van der Waals surface area contributed by atoms with Gasteiger partial charge in [0.1, 0.15) is 6.04 Å². The number of ketones is 1. The summed E-state index contributed by atoms with van der Waals surface area (Å²) in [5.41, 5.74) is 2.02. The summed E-state index contributed by atoms with van der Waals surface area (Å²) in [6, 6.07) is 9.58. The second kappa shape index (κ2) is 3.59. The predicted octanol–water partition coefficient (Wildman–Crippen LogP) is 2.25. The second-order valence-corrected chi connectivity index (χ2v) is 4.06. The molecule has 0 radical (unpaired) electrons. The van der Waals surface area contributed by atoms with Crippen molar-refractivity contribution in [1.82, 2.24) is 9.78 Å². The van der Waals surface area contributed by atoms with Gasteiger partial charge in [-0.25, -0.2) is 0 Å². The molecule has 0 bridgehead atoms. The van der Waals surface area contributed by atoms with Crippen molar-refractivity contribution in [1.29, 1.82) is 0 Å². The summed E-state index contributed by atoms with van der Waals surface area (Å²) in [5.74, 6) is 0.186.